The number of ether oxygens (including phenoxy) is 1. The van der Waals surface area contributed by atoms with E-state index >= 15 is 0 Å². The van der Waals surface area contributed by atoms with Crippen LogP contribution < -0.4 is 10.1 Å². The summed E-state index contributed by atoms with van der Waals surface area (Å²) >= 11 is 0. The lowest BCUT2D eigenvalue weighted by atomic mass is 10.1. The first-order valence-corrected chi connectivity index (χ1v) is 6.22. The number of anilines is 1. The highest BCUT2D eigenvalue weighted by Crippen LogP contribution is 2.27. The molecular formula is C13H14N4O4. The number of carbonyl (C=O) groups excluding carboxylic acids is 1. The number of aryl methyl sites for hydroxylation is 1. The van der Waals surface area contributed by atoms with Crippen LogP contribution >= 0.6 is 0 Å². The Morgan fingerprint density at radius 2 is 2.29 bits per heavy atom. The maximum atomic E-state index is 12.1. The molecule has 21 heavy (non-hydrogen) atoms. The molecule has 1 amide bonds. The summed E-state index contributed by atoms with van der Waals surface area (Å²) in [5.74, 6) is 0.148. The second kappa shape index (κ2) is 6.04. The summed E-state index contributed by atoms with van der Waals surface area (Å²) in [6, 6.07) is 3.94. The number of nitrogens with zero attached hydrogens (tertiary/aromatic N) is 2. The van der Waals surface area contributed by atoms with E-state index < -0.39 is 10.8 Å². The lowest BCUT2D eigenvalue weighted by molar-refractivity contribution is -0.385. The number of aromatic nitrogens is 2. The number of methoxy groups -OCH3 is 1. The molecule has 0 saturated heterocycles. The van der Waals surface area contributed by atoms with Crippen molar-refractivity contribution in [3.8, 4) is 5.75 Å². The number of hydrogen-bond donors (Lipinski definition) is 2. The Morgan fingerprint density at radius 1 is 1.52 bits per heavy atom. The first-order valence-electron chi connectivity index (χ1n) is 6.22. The molecule has 8 nitrogen and oxygen atoms in total. The minimum absolute atomic E-state index is 0.0352. The maximum Gasteiger partial charge on any atom is 0.310 e. The van der Waals surface area contributed by atoms with Crippen LogP contribution in [0.3, 0.4) is 0 Å². The number of nitro groups is 1. The average Bonchev–Trinajstić information content (AvgIpc) is 2.93. The van der Waals surface area contributed by atoms with Gasteiger partial charge in [0.05, 0.1) is 18.2 Å². The topological polar surface area (TPSA) is 110 Å². The highest BCUT2D eigenvalue weighted by atomic mass is 16.6. The Hall–Kier alpha value is -2.90. The van der Waals surface area contributed by atoms with Crippen molar-refractivity contribution < 1.29 is 14.5 Å². The molecule has 1 heterocycles. The van der Waals surface area contributed by atoms with Crippen LogP contribution in [0.15, 0.2) is 24.4 Å². The third-order valence-corrected chi connectivity index (χ3v) is 2.98. The van der Waals surface area contributed by atoms with Crippen LogP contribution in [0.5, 0.6) is 5.75 Å². The molecule has 0 radical (unpaired) electrons. The number of H-pyrrole nitrogens is 1. The zero-order chi connectivity index (χ0) is 15.4. The Morgan fingerprint density at radius 3 is 2.90 bits per heavy atom. The van der Waals surface area contributed by atoms with Crippen molar-refractivity contribution in [1.29, 1.82) is 0 Å². The van der Waals surface area contributed by atoms with E-state index in [1.165, 1.54) is 25.3 Å². The number of nitro benzene ring substituents is 1. The second-order valence-electron chi connectivity index (χ2n) is 4.22. The fraction of sp³-hybridized carbons (Fsp3) is 0.231. The molecule has 0 fully saturated rings. The van der Waals surface area contributed by atoms with Crippen LogP contribution in [0, 0.1) is 10.1 Å². The van der Waals surface area contributed by atoms with Gasteiger partial charge < -0.3 is 10.1 Å². The van der Waals surface area contributed by atoms with E-state index in [9.17, 15) is 14.9 Å². The summed E-state index contributed by atoms with van der Waals surface area (Å²) < 4.78 is 4.94. The Kier molecular flexibility index (Phi) is 4.17. The van der Waals surface area contributed by atoms with Crippen molar-refractivity contribution in [3.63, 3.8) is 0 Å². The van der Waals surface area contributed by atoms with Gasteiger partial charge in [0.1, 0.15) is 5.82 Å². The molecule has 0 aliphatic carbocycles. The van der Waals surface area contributed by atoms with Crippen LogP contribution in [0.1, 0.15) is 22.8 Å². The van der Waals surface area contributed by atoms with Gasteiger partial charge in [-0.05, 0) is 12.5 Å². The maximum absolute atomic E-state index is 12.1. The van der Waals surface area contributed by atoms with E-state index in [2.05, 4.69) is 15.5 Å². The molecule has 110 valence electrons. The monoisotopic (exact) mass is 290 g/mol. The molecular weight excluding hydrogens is 276 g/mol. The number of nitrogens with one attached hydrogen (secondary N) is 2. The molecule has 1 aromatic carbocycles. The van der Waals surface area contributed by atoms with Crippen molar-refractivity contribution >= 4 is 17.4 Å². The summed E-state index contributed by atoms with van der Waals surface area (Å²) in [4.78, 5) is 22.4. The first kappa shape index (κ1) is 14.5. The quantitative estimate of drug-likeness (QED) is 0.647. The predicted molar refractivity (Wildman–Crippen MR) is 75.6 cm³/mol. The van der Waals surface area contributed by atoms with E-state index in [0.717, 1.165) is 12.0 Å². The summed E-state index contributed by atoms with van der Waals surface area (Å²) in [6.45, 7) is 1.94. The highest BCUT2D eigenvalue weighted by Gasteiger charge is 2.18. The number of aromatic amines is 1. The normalized spacial score (nSPS) is 10.2. The minimum atomic E-state index is -0.565. The molecule has 2 N–H and O–H groups in total. The van der Waals surface area contributed by atoms with Gasteiger partial charge in [-0.1, -0.05) is 6.92 Å². The van der Waals surface area contributed by atoms with Gasteiger partial charge in [0, 0.05) is 23.3 Å². The fourth-order valence-electron chi connectivity index (χ4n) is 1.84. The Balaban J connectivity index is 2.25. The van der Waals surface area contributed by atoms with Crippen LogP contribution in [-0.2, 0) is 6.42 Å². The van der Waals surface area contributed by atoms with Crippen molar-refractivity contribution in [2.75, 3.05) is 12.4 Å². The third-order valence-electron chi connectivity index (χ3n) is 2.98. The smallest absolute Gasteiger partial charge is 0.310 e. The molecule has 0 aliphatic heterocycles. The van der Waals surface area contributed by atoms with Crippen LogP contribution in [0.25, 0.3) is 0 Å². The average molecular weight is 290 g/mol. The number of hydrogen-bond acceptors (Lipinski definition) is 5. The molecule has 2 rings (SSSR count). The fourth-order valence-corrected chi connectivity index (χ4v) is 1.84. The molecule has 0 bridgehead atoms. The molecule has 0 atom stereocenters. The number of rotatable bonds is 5. The standard InChI is InChI=1S/C13H14N4O4/c1-3-8-7-14-16-12(8)15-13(18)9-4-5-10(17(19)20)11(6-9)21-2/h4-7H,3H2,1-2H3,(H2,14,15,16,18). The van der Waals surface area contributed by atoms with E-state index in [4.69, 9.17) is 4.74 Å². The van der Waals surface area contributed by atoms with Gasteiger partial charge in [-0.15, -0.1) is 0 Å². The Bertz CT molecular complexity index is 681. The highest BCUT2D eigenvalue weighted by molar-refractivity contribution is 6.04. The van der Waals surface area contributed by atoms with Crippen molar-refractivity contribution in [3.05, 3.63) is 45.6 Å². The molecule has 8 heteroatoms. The van der Waals surface area contributed by atoms with Crippen LogP contribution in [0.2, 0.25) is 0 Å². The van der Waals surface area contributed by atoms with Gasteiger partial charge >= 0.3 is 5.69 Å². The molecule has 1 aromatic heterocycles. The van der Waals surface area contributed by atoms with E-state index in [1.807, 2.05) is 6.92 Å². The zero-order valence-corrected chi connectivity index (χ0v) is 11.5. The number of amides is 1. The van der Waals surface area contributed by atoms with Crippen molar-refractivity contribution in [1.82, 2.24) is 10.2 Å². The molecule has 2 aromatic rings. The summed E-state index contributed by atoms with van der Waals surface area (Å²) in [6.07, 6.45) is 2.35. The van der Waals surface area contributed by atoms with Crippen LogP contribution in [-0.4, -0.2) is 28.1 Å². The summed E-state index contributed by atoms with van der Waals surface area (Å²) in [7, 11) is 1.31. The molecule has 0 spiro atoms. The second-order valence-corrected chi connectivity index (χ2v) is 4.22. The van der Waals surface area contributed by atoms with E-state index in [0.29, 0.717) is 5.82 Å². The van der Waals surface area contributed by atoms with Gasteiger partial charge in [0.15, 0.2) is 5.75 Å². The summed E-state index contributed by atoms with van der Waals surface area (Å²) in [5.41, 5.74) is 0.941. The largest absolute Gasteiger partial charge is 0.490 e. The van der Waals surface area contributed by atoms with Crippen LogP contribution in [0.4, 0.5) is 11.5 Å². The third kappa shape index (κ3) is 2.99. The van der Waals surface area contributed by atoms with Gasteiger partial charge in [-0.25, -0.2) is 0 Å². The SMILES string of the molecule is CCc1cn[nH]c1NC(=O)c1ccc([N+](=O)[O-])c(OC)c1. The van der Waals surface area contributed by atoms with Gasteiger partial charge in [0.25, 0.3) is 5.91 Å². The van der Waals surface area contributed by atoms with Crippen molar-refractivity contribution in [2.45, 2.75) is 13.3 Å². The van der Waals surface area contributed by atoms with E-state index in [-0.39, 0.29) is 17.0 Å². The lowest BCUT2D eigenvalue weighted by Gasteiger charge is -2.07. The van der Waals surface area contributed by atoms with Gasteiger partial charge in [0.2, 0.25) is 0 Å². The zero-order valence-electron chi connectivity index (χ0n) is 11.5. The van der Waals surface area contributed by atoms with E-state index in [1.54, 1.807) is 6.20 Å². The number of benzene rings is 1. The van der Waals surface area contributed by atoms with Crippen molar-refractivity contribution in [2.24, 2.45) is 0 Å². The first-order chi connectivity index (χ1) is 10.1. The molecule has 0 aliphatic rings. The molecule has 0 unspecified atom stereocenters. The lowest BCUT2D eigenvalue weighted by Crippen LogP contribution is -2.13. The summed E-state index contributed by atoms with van der Waals surface area (Å²) in [5, 5.41) is 20.0. The van der Waals surface area contributed by atoms with Gasteiger partial charge in [-0.2, -0.15) is 5.10 Å². The minimum Gasteiger partial charge on any atom is -0.490 e. The Labute approximate surface area is 120 Å². The predicted octanol–water partition coefficient (Wildman–Crippen LogP) is 2.14. The van der Waals surface area contributed by atoms with Gasteiger partial charge in [-0.3, -0.25) is 20.0 Å². The molecule has 0 saturated carbocycles. The number of carbonyl (C=O) groups is 1.